The maximum Gasteiger partial charge on any atom is 0.246 e. The van der Waals surface area contributed by atoms with Crippen molar-refractivity contribution in [2.45, 2.75) is 38.9 Å². The number of hydrogen-bond donors (Lipinski definition) is 0. The van der Waals surface area contributed by atoms with Gasteiger partial charge in [-0.15, -0.1) is 0 Å². The van der Waals surface area contributed by atoms with Crippen molar-refractivity contribution in [2.75, 3.05) is 19.8 Å². The Morgan fingerprint density at radius 3 is 2.78 bits per heavy atom. The smallest absolute Gasteiger partial charge is 0.246 e. The summed E-state index contributed by atoms with van der Waals surface area (Å²) in [7, 11) is 0. The Hall–Kier alpha value is -2.58. The van der Waals surface area contributed by atoms with Crippen LogP contribution in [0.4, 0.5) is 0 Å². The summed E-state index contributed by atoms with van der Waals surface area (Å²) in [6.07, 6.45) is 1.61. The molecule has 0 amide bonds. The molecule has 0 aliphatic carbocycles. The monoisotopic (exact) mass is 368 g/mol. The van der Waals surface area contributed by atoms with Crippen LogP contribution in [0.5, 0.6) is 0 Å². The molecule has 8 heteroatoms. The highest BCUT2D eigenvalue weighted by molar-refractivity contribution is 5.53. The largest absolute Gasteiger partial charge is 0.378 e. The lowest BCUT2D eigenvalue weighted by Crippen LogP contribution is -2.40. The Balaban J connectivity index is 1.57. The van der Waals surface area contributed by atoms with Gasteiger partial charge in [-0.3, -0.25) is 4.90 Å². The molecule has 0 saturated carbocycles. The van der Waals surface area contributed by atoms with Gasteiger partial charge in [-0.2, -0.15) is 10.1 Å². The fourth-order valence-corrected chi connectivity index (χ4v) is 3.25. The lowest BCUT2D eigenvalue weighted by molar-refractivity contribution is -0.0261. The third kappa shape index (κ3) is 3.77. The maximum absolute atomic E-state index is 5.69. The molecule has 1 unspecified atom stereocenters. The van der Waals surface area contributed by atoms with Crippen LogP contribution >= 0.6 is 0 Å². The second-order valence-electron chi connectivity index (χ2n) is 7.64. The molecule has 1 fully saturated rings. The van der Waals surface area contributed by atoms with E-state index in [2.05, 4.69) is 45.9 Å². The average Bonchev–Trinajstić information content (AvgIpc) is 3.32. The summed E-state index contributed by atoms with van der Waals surface area (Å²) in [5.41, 5.74) is 0.807. The van der Waals surface area contributed by atoms with Gasteiger partial charge in [0.15, 0.2) is 0 Å². The second-order valence-corrected chi connectivity index (χ2v) is 7.64. The molecule has 1 atom stereocenters. The molecule has 4 rings (SSSR count). The molecule has 1 aliphatic rings. The molecule has 1 aromatic carbocycles. The number of hydrogen-bond acceptors (Lipinski definition) is 7. The van der Waals surface area contributed by atoms with Gasteiger partial charge in [0.25, 0.3) is 0 Å². The molecule has 0 N–H and O–H groups in total. The molecular weight excluding hydrogens is 344 g/mol. The Bertz CT molecular complexity index is 883. The summed E-state index contributed by atoms with van der Waals surface area (Å²) in [5, 5.41) is 8.54. The molecule has 27 heavy (non-hydrogen) atoms. The van der Waals surface area contributed by atoms with E-state index >= 15 is 0 Å². The predicted octanol–water partition coefficient (Wildman–Crippen LogP) is 2.66. The van der Waals surface area contributed by atoms with Crippen LogP contribution in [0.2, 0.25) is 0 Å². The van der Waals surface area contributed by atoms with Crippen molar-refractivity contribution in [1.82, 2.24) is 29.8 Å². The summed E-state index contributed by atoms with van der Waals surface area (Å²) >= 11 is 0. The minimum absolute atomic E-state index is 0.103. The van der Waals surface area contributed by atoms with E-state index in [1.807, 2.05) is 35.0 Å². The third-order valence-electron chi connectivity index (χ3n) is 4.60. The van der Waals surface area contributed by atoms with Gasteiger partial charge in [-0.25, -0.2) is 9.67 Å². The molecular formula is C19H24N6O2. The van der Waals surface area contributed by atoms with Crippen LogP contribution in [0.3, 0.4) is 0 Å². The van der Waals surface area contributed by atoms with Crippen LogP contribution in [0.15, 0.2) is 41.2 Å². The molecule has 0 bridgehead atoms. The molecule has 8 nitrogen and oxygen atoms in total. The van der Waals surface area contributed by atoms with Crippen LogP contribution < -0.4 is 0 Å². The van der Waals surface area contributed by atoms with Crippen LogP contribution in [0.1, 0.15) is 38.5 Å². The van der Waals surface area contributed by atoms with Crippen molar-refractivity contribution in [2.24, 2.45) is 0 Å². The molecule has 142 valence electrons. The maximum atomic E-state index is 5.69. The van der Waals surface area contributed by atoms with Gasteiger partial charge in [0, 0.05) is 12.1 Å². The Morgan fingerprint density at radius 1 is 1.19 bits per heavy atom. The summed E-state index contributed by atoms with van der Waals surface area (Å²) in [6.45, 7) is 8.95. The molecule has 3 heterocycles. The number of aromatic nitrogens is 5. The average molecular weight is 368 g/mol. The normalized spacial score (nSPS) is 18.7. The van der Waals surface area contributed by atoms with Gasteiger partial charge in [-0.1, -0.05) is 35.5 Å². The van der Waals surface area contributed by atoms with Crippen molar-refractivity contribution in [3.8, 4) is 11.4 Å². The Morgan fingerprint density at radius 2 is 2.00 bits per heavy atom. The van der Waals surface area contributed by atoms with Crippen LogP contribution in [0.25, 0.3) is 11.4 Å². The van der Waals surface area contributed by atoms with Crippen molar-refractivity contribution in [3.63, 3.8) is 0 Å². The van der Waals surface area contributed by atoms with Crippen LogP contribution in [-0.4, -0.2) is 49.6 Å². The van der Waals surface area contributed by atoms with E-state index in [0.717, 1.165) is 17.9 Å². The van der Waals surface area contributed by atoms with E-state index in [4.69, 9.17) is 9.26 Å². The van der Waals surface area contributed by atoms with E-state index in [1.54, 1.807) is 6.33 Å². The summed E-state index contributed by atoms with van der Waals surface area (Å²) in [4.78, 5) is 11.3. The van der Waals surface area contributed by atoms with E-state index in [9.17, 15) is 0 Å². The van der Waals surface area contributed by atoms with Crippen molar-refractivity contribution >= 4 is 0 Å². The topological polar surface area (TPSA) is 82.1 Å². The number of benzene rings is 1. The van der Waals surface area contributed by atoms with Crippen LogP contribution in [-0.2, 0) is 16.8 Å². The van der Waals surface area contributed by atoms with E-state index in [0.29, 0.717) is 31.5 Å². The van der Waals surface area contributed by atoms with Crippen molar-refractivity contribution in [1.29, 1.82) is 0 Å². The Labute approximate surface area is 158 Å². The fourth-order valence-electron chi connectivity index (χ4n) is 3.25. The first-order chi connectivity index (χ1) is 13.0. The van der Waals surface area contributed by atoms with Crippen molar-refractivity contribution < 1.29 is 9.26 Å². The number of rotatable bonds is 4. The Kier molecular flexibility index (Phi) is 4.75. The lowest BCUT2D eigenvalue weighted by Gasteiger charge is -2.33. The SMILES string of the molecule is CC(C)(C)n1ncnc1CN1CCOCC1c1nc(-c2ccccc2)no1. The van der Waals surface area contributed by atoms with Gasteiger partial charge in [0.05, 0.1) is 25.3 Å². The summed E-state index contributed by atoms with van der Waals surface area (Å²) in [5.74, 6) is 2.07. The lowest BCUT2D eigenvalue weighted by atomic mass is 10.1. The molecule has 1 saturated heterocycles. The van der Waals surface area contributed by atoms with Gasteiger partial charge in [0.2, 0.25) is 11.7 Å². The van der Waals surface area contributed by atoms with Crippen molar-refractivity contribution in [3.05, 3.63) is 48.4 Å². The molecule has 3 aromatic rings. The highest BCUT2D eigenvalue weighted by atomic mass is 16.5. The first kappa shape index (κ1) is 17.8. The minimum atomic E-state index is -0.126. The predicted molar refractivity (Wildman–Crippen MR) is 98.7 cm³/mol. The molecule has 2 aromatic heterocycles. The van der Waals surface area contributed by atoms with Gasteiger partial charge in [0.1, 0.15) is 18.2 Å². The minimum Gasteiger partial charge on any atom is -0.378 e. The zero-order valence-corrected chi connectivity index (χ0v) is 15.9. The van der Waals surface area contributed by atoms with Gasteiger partial charge < -0.3 is 9.26 Å². The third-order valence-corrected chi connectivity index (χ3v) is 4.60. The summed E-state index contributed by atoms with van der Waals surface area (Å²) in [6, 6.07) is 9.72. The van der Waals surface area contributed by atoms with Crippen LogP contribution in [0, 0.1) is 0 Å². The number of ether oxygens (including phenoxy) is 1. The van der Waals surface area contributed by atoms with E-state index < -0.39 is 0 Å². The fraction of sp³-hybridized carbons (Fsp3) is 0.474. The highest BCUT2D eigenvalue weighted by Crippen LogP contribution is 2.27. The first-order valence-electron chi connectivity index (χ1n) is 9.12. The molecule has 1 aliphatic heterocycles. The van der Waals surface area contributed by atoms with Gasteiger partial charge >= 0.3 is 0 Å². The first-order valence-corrected chi connectivity index (χ1v) is 9.12. The van der Waals surface area contributed by atoms with E-state index in [-0.39, 0.29) is 11.6 Å². The van der Waals surface area contributed by atoms with Gasteiger partial charge in [-0.05, 0) is 20.8 Å². The zero-order valence-electron chi connectivity index (χ0n) is 15.9. The standard InChI is InChI=1S/C19H24N6O2/c1-19(2,3)25-16(20-13-21-25)11-24-9-10-26-12-15(24)18-22-17(23-27-18)14-7-5-4-6-8-14/h4-8,13,15H,9-12H2,1-3H3. The quantitative estimate of drug-likeness (QED) is 0.700. The molecule has 0 radical (unpaired) electrons. The van der Waals surface area contributed by atoms with E-state index in [1.165, 1.54) is 0 Å². The number of nitrogens with zero attached hydrogens (tertiary/aromatic N) is 6. The highest BCUT2D eigenvalue weighted by Gasteiger charge is 2.31. The molecule has 0 spiro atoms. The second kappa shape index (κ2) is 7.21. The summed E-state index contributed by atoms with van der Waals surface area (Å²) < 4.78 is 13.2. The number of morpholine rings is 1. The zero-order chi connectivity index (χ0) is 18.9.